The van der Waals surface area contributed by atoms with Crippen LogP contribution in [0.4, 0.5) is 0 Å². The summed E-state index contributed by atoms with van der Waals surface area (Å²) in [6, 6.07) is 1.09. The lowest BCUT2D eigenvalue weighted by Gasteiger charge is -2.26. The maximum Gasteiger partial charge on any atom is 0.481 e. The first-order valence-corrected chi connectivity index (χ1v) is 12.8. The Hall–Kier alpha value is -1.71. The molecule has 2 heterocycles. The van der Waals surface area contributed by atoms with E-state index in [2.05, 4.69) is 8.83 Å². The molecule has 2 rings (SSSR count). The topological polar surface area (TPSA) is 336 Å². The van der Waals surface area contributed by atoms with Crippen molar-refractivity contribution in [3.05, 3.63) is 33.1 Å². The zero-order valence-electron chi connectivity index (χ0n) is 18.3. The van der Waals surface area contributed by atoms with Gasteiger partial charge in [0, 0.05) is 12.3 Å². The summed E-state index contributed by atoms with van der Waals surface area (Å²) in [4.78, 5) is 60.5. The molecule has 11 N–H and O–H groups in total. The molecule has 22 heteroatoms. The number of carbonyl (C=O) groups excluding carboxylic acids is 1. The molecule has 5 unspecified atom stereocenters. The molecule has 0 spiro atoms. The number of ether oxygens (including phenoxy) is 1. The van der Waals surface area contributed by atoms with Crippen molar-refractivity contribution in [2.45, 2.75) is 49.0 Å². The third-order valence-electron chi connectivity index (χ3n) is 4.51. The Morgan fingerprint density at radius 1 is 1.08 bits per heavy atom. The van der Waals surface area contributed by atoms with Gasteiger partial charge in [-0.1, -0.05) is 0 Å². The first kappa shape index (κ1) is 33.3. The van der Waals surface area contributed by atoms with E-state index in [1.54, 1.807) is 0 Å². The smallest absolute Gasteiger partial charge is 0.394 e. The number of aromatic nitrogens is 2. The van der Waals surface area contributed by atoms with Crippen molar-refractivity contribution in [1.29, 1.82) is 0 Å². The lowest BCUT2D eigenvalue weighted by Crippen LogP contribution is -2.47. The number of nitrogens with zero attached hydrogens (tertiary/aromatic N) is 1. The van der Waals surface area contributed by atoms with Crippen LogP contribution in [-0.2, 0) is 27.5 Å². The molecule has 1 fully saturated rings. The van der Waals surface area contributed by atoms with Crippen LogP contribution in [0.15, 0.2) is 21.9 Å². The van der Waals surface area contributed by atoms with Gasteiger partial charge in [-0.25, -0.2) is 13.9 Å². The molecule has 1 aromatic rings. The van der Waals surface area contributed by atoms with Crippen molar-refractivity contribution >= 4 is 21.9 Å². The molecule has 0 radical (unpaired) electrons. The van der Waals surface area contributed by atoms with E-state index in [0.29, 0.717) is 0 Å². The zero-order chi connectivity index (χ0) is 28.7. The van der Waals surface area contributed by atoms with E-state index in [1.807, 2.05) is 4.98 Å². The third kappa shape index (κ3) is 9.84. The predicted molar refractivity (Wildman–Crippen MR) is 113 cm³/mol. The second-order valence-corrected chi connectivity index (χ2v) is 10.0. The van der Waals surface area contributed by atoms with E-state index in [-0.39, 0.29) is 6.29 Å². The lowest BCUT2D eigenvalue weighted by molar-refractivity contribution is -0.134. The summed E-state index contributed by atoms with van der Waals surface area (Å²) < 4.78 is 34.9. The third-order valence-corrected chi connectivity index (χ3v) is 6.70. The fourth-order valence-electron chi connectivity index (χ4n) is 2.74. The Bertz CT molecular complexity index is 1090. The van der Waals surface area contributed by atoms with Crippen LogP contribution in [-0.4, -0.2) is 122 Å². The first-order chi connectivity index (χ1) is 17.0. The van der Waals surface area contributed by atoms with Crippen LogP contribution in [0.5, 0.6) is 0 Å². The summed E-state index contributed by atoms with van der Waals surface area (Å²) in [5, 5.41) is 64.2. The molecule has 20 nitrogen and oxygen atoms in total. The Labute approximate surface area is 205 Å². The number of nitrogens with one attached hydrogen (secondary N) is 1. The molecule has 1 aromatic heterocycles. The predicted octanol–water partition coefficient (Wildman–Crippen LogP) is -6.00. The standard InChI is InChI=1S/C9H12N2O6.C6H14O12P2/c12-3-4-6(14)7(15)8(17-4)11-2-1-5(13)10-9(11)16;7-1-3(9)5(10)6(11)4(2-8)17-20(15,16)18-19(12,13)14/h1-2,4,6-8,12,14-15H,3H2,(H,10,13,16);2-7,9-11H,1H2,(H,15,16)(H2,12,13,14)/t4-,6-,7-,8-;/m1./s1. The van der Waals surface area contributed by atoms with Crippen molar-refractivity contribution in [3.8, 4) is 0 Å². The molecule has 9 atom stereocenters. The Balaban J connectivity index is 0.000000373. The Morgan fingerprint density at radius 2 is 1.68 bits per heavy atom. The van der Waals surface area contributed by atoms with Gasteiger partial charge in [-0.05, 0) is 0 Å². The Morgan fingerprint density at radius 3 is 2.11 bits per heavy atom. The second kappa shape index (κ2) is 13.9. The SMILES string of the molecule is O=CC(OP(=O)(O)OP(=O)(O)O)C(O)C(O)C(O)CO.O=c1ccn([C@@H]2O[C@H](CO)[C@@H](O)[C@H]2O)c(=O)[nH]1. The van der Waals surface area contributed by atoms with Gasteiger partial charge >= 0.3 is 21.3 Å². The van der Waals surface area contributed by atoms with Crippen LogP contribution < -0.4 is 11.2 Å². The number of hydrogen-bond acceptors (Lipinski definition) is 15. The number of H-pyrrole nitrogens is 1. The van der Waals surface area contributed by atoms with Crippen molar-refractivity contribution in [1.82, 2.24) is 9.55 Å². The molecule has 0 aromatic carbocycles. The highest BCUT2D eigenvalue weighted by Crippen LogP contribution is 2.58. The highest BCUT2D eigenvalue weighted by molar-refractivity contribution is 7.60. The summed E-state index contributed by atoms with van der Waals surface area (Å²) in [6.07, 6.45) is -12.4. The van der Waals surface area contributed by atoms with Gasteiger partial charge < -0.3 is 60.0 Å². The molecule has 1 aliphatic heterocycles. The fourth-order valence-corrected chi connectivity index (χ4v) is 4.45. The minimum Gasteiger partial charge on any atom is -0.394 e. The van der Waals surface area contributed by atoms with Gasteiger partial charge in [0.25, 0.3) is 5.56 Å². The summed E-state index contributed by atoms with van der Waals surface area (Å²) in [7, 11) is -10.8. The number of aliphatic hydroxyl groups is 7. The summed E-state index contributed by atoms with van der Waals surface area (Å²) in [5.41, 5.74) is -1.33. The first-order valence-electron chi connectivity index (χ1n) is 9.80. The zero-order valence-corrected chi connectivity index (χ0v) is 20.1. The van der Waals surface area contributed by atoms with Gasteiger partial charge in [-0.3, -0.25) is 18.9 Å². The number of aliphatic hydroxyl groups excluding tert-OH is 7. The van der Waals surface area contributed by atoms with E-state index in [0.717, 1.165) is 16.8 Å². The molecular weight excluding hydrogens is 558 g/mol. The molecule has 0 saturated carbocycles. The molecule has 0 bridgehead atoms. The van der Waals surface area contributed by atoms with Crippen molar-refractivity contribution in [3.63, 3.8) is 0 Å². The van der Waals surface area contributed by atoms with Crippen LogP contribution >= 0.6 is 15.6 Å². The number of carbonyl (C=O) groups is 1. The van der Waals surface area contributed by atoms with Crippen LogP contribution in [0.3, 0.4) is 0 Å². The Kier molecular flexibility index (Phi) is 12.5. The molecule has 214 valence electrons. The molecule has 0 aliphatic carbocycles. The van der Waals surface area contributed by atoms with Gasteiger partial charge in [0.15, 0.2) is 18.6 Å². The van der Waals surface area contributed by atoms with Crippen molar-refractivity contribution in [2.75, 3.05) is 13.2 Å². The summed E-state index contributed by atoms with van der Waals surface area (Å²) >= 11 is 0. The molecule has 1 saturated heterocycles. The van der Waals surface area contributed by atoms with Gasteiger partial charge in [0.05, 0.1) is 13.2 Å². The van der Waals surface area contributed by atoms with E-state index < -0.39 is 89.1 Å². The number of phosphoric acid groups is 2. The molecular formula is C15H26N2O18P2. The van der Waals surface area contributed by atoms with Gasteiger partial charge in [-0.15, -0.1) is 0 Å². The summed E-state index contributed by atoms with van der Waals surface area (Å²) in [5.74, 6) is 0. The molecule has 1 aliphatic rings. The van der Waals surface area contributed by atoms with Crippen molar-refractivity contribution < 1.29 is 77.9 Å². The highest BCUT2D eigenvalue weighted by atomic mass is 31.3. The van der Waals surface area contributed by atoms with Crippen molar-refractivity contribution in [2.24, 2.45) is 0 Å². The number of aldehydes is 1. The number of rotatable bonds is 11. The number of hydrogen-bond donors (Lipinski definition) is 11. The van der Waals surface area contributed by atoms with E-state index >= 15 is 0 Å². The second-order valence-electron chi connectivity index (χ2n) is 7.22. The maximum absolute atomic E-state index is 11.4. The fraction of sp³-hybridized carbons (Fsp3) is 0.667. The van der Waals surface area contributed by atoms with Gasteiger partial charge in [0.1, 0.15) is 36.6 Å². The number of phosphoric ester groups is 1. The van der Waals surface area contributed by atoms with E-state index in [1.165, 1.54) is 0 Å². The molecule has 37 heavy (non-hydrogen) atoms. The minimum atomic E-state index is -5.43. The van der Waals surface area contributed by atoms with Crippen LogP contribution in [0.1, 0.15) is 6.23 Å². The van der Waals surface area contributed by atoms with Crippen LogP contribution in [0, 0.1) is 0 Å². The highest BCUT2D eigenvalue weighted by Gasteiger charge is 2.44. The maximum atomic E-state index is 11.4. The number of aromatic amines is 1. The summed E-state index contributed by atoms with van der Waals surface area (Å²) in [6.45, 7) is -1.48. The molecule has 0 amide bonds. The monoisotopic (exact) mass is 584 g/mol. The normalized spacial score (nSPS) is 26.8. The average molecular weight is 584 g/mol. The van der Waals surface area contributed by atoms with E-state index in [9.17, 15) is 43.9 Å². The van der Waals surface area contributed by atoms with Crippen LogP contribution in [0.2, 0.25) is 0 Å². The van der Waals surface area contributed by atoms with Crippen LogP contribution in [0.25, 0.3) is 0 Å². The van der Waals surface area contributed by atoms with E-state index in [4.69, 9.17) is 34.7 Å². The van der Waals surface area contributed by atoms with Gasteiger partial charge in [-0.2, -0.15) is 4.31 Å². The lowest BCUT2D eigenvalue weighted by atomic mass is 10.0. The largest absolute Gasteiger partial charge is 0.481 e. The minimum absolute atomic E-state index is 0.274. The van der Waals surface area contributed by atoms with Gasteiger partial charge in [0.2, 0.25) is 0 Å². The quantitative estimate of drug-likeness (QED) is 0.0851. The average Bonchev–Trinajstić information content (AvgIpc) is 3.08.